The van der Waals surface area contributed by atoms with E-state index in [-0.39, 0.29) is 0 Å². The topological polar surface area (TPSA) is 12.0 Å². The van der Waals surface area contributed by atoms with Crippen LogP contribution in [0.25, 0.3) is 0 Å². The molecule has 2 heteroatoms. The van der Waals surface area contributed by atoms with Crippen LogP contribution >= 0.6 is 22.6 Å². The van der Waals surface area contributed by atoms with E-state index in [4.69, 9.17) is 0 Å². The lowest BCUT2D eigenvalue weighted by Crippen LogP contribution is -2.25. The molecule has 0 heterocycles. The van der Waals surface area contributed by atoms with Crippen molar-refractivity contribution in [2.75, 3.05) is 0 Å². The molecule has 1 nitrogen and oxygen atoms in total. The van der Waals surface area contributed by atoms with Crippen LogP contribution in [0.5, 0.6) is 0 Å². The maximum absolute atomic E-state index is 3.60. The summed E-state index contributed by atoms with van der Waals surface area (Å²) in [5, 5.41) is 3.60. The van der Waals surface area contributed by atoms with Gasteiger partial charge in [0.2, 0.25) is 0 Å². The van der Waals surface area contributed by atoms with E-state index in [1.165, 1.54) is 41.2 Å². The van der Waals surface area contributed by atoms with Gasteiger partial charge in [-0.2, -0.15) is 0 Å². The zero-order chi connectivity index (χ0) is 12.5. The van der Waals surface area contributed by atoms with Gasteiger partial charge in [-0.1, -0.05) is 44.7 Å². The Balaban J connectivity index is 2.17. The lowest BCUT2D eigenvalue weighted by atomic mass is 10.1. The van der Waals surface area contributed by atoms with Crippen LogP contribution in [0, 0.1) is 3.57 Å². The highest BCUT2D eigenvalue weighted by Crippen LogP contribution is 2.09. The SMILES string of the molecule is CCCCCCC(C)NCc1cccc(I)c1. The van der Waals surface area contributed by atoms with Crippen LogP contribution in [0.2, 0.25) is 0 Å². The van der Waals surface area contributed by atoms with Gasteiger partial charge in [0.05, 0.1) is 0 Å². The molecule has 0 saturated carbocycles. The first-order chi connectivity index (χ1) is 8.22. The molecule has 1 aromatic carbocycles. The van der Waals surface area contributed by atoms with E-state index in [1.54, 1.807) is 0 Å². The predicted octanol–water partition coefficient (Wildman–Crippen LogP) is 4.74. The summed E-state index contributed by atoms with van der Waals surface area (Å²) in [6.45, 7) is 5.55. The van der Waals surface area contributed by atoms with Gasteiger partial charge in [-0.05, 0) is 53.6 Å². The van der Waals surface area contributed by atoms with Gasteiger partial charge in [-0.15, -0.1) is 0 Å². The van der Waals surface area contributed by atoms with Gasteiger partial charge in [-0.3, -0.25) is 0 Å². The normalized spacial score (nSPS) is 12.6. The van der Waals surface area contributed by atoms with Crippen molar-refractivity contribution in [3.63, 3.8) is 0 Å². The summed E-state index contributed by atoms with van der Waals surface area (Å²) < 4.78 is 1.32. The number of nitrogens with one attached hydrogen (secondary N) is 1. The van der Waals surface area contributed by atoms with Crippen molar-refractivity contribution >= 4 is 22.6 Å². The maximum Gasteiger partial charge on any atom is 0.0208 e. The second kappa shape index (κ2) is 8.92. The van der Waals surface area contributed by atoms with Crippen LogP contribution in [0.1, 0.15) is 51.5 Å². The number of rotatable bonds is 8. The van der Waals surface area contributed by atoms with E-state index in [1.807, 2.05) is 0 Å². The van der Waals surface area contributed by atoms with Crippen LogP contribution < -0.4 is 5.32 Å². The van der Waals surface area contributed by atoms with E-state index in [0.29, 0.717) is 6.04 Å². The van der Waals surface area contributed by atoms with Gasteiger partial charge in [0.25, 0.3) is 0 Å². The molecule has 1 atom stereocenters. The third-order valence-electron chi connectivity index (χ3n) is 3.03. The minimum Gasteiger partial charge on any atom is -0.310 e. The highest BCUT2D eigenvalue weighted by molar-refractivity contribution is 14.1. The third-order valence-corrected chi connectivity index (χ3v) is 3.71. The fourth-order valence-corrected chi connectivity index (χ4v) is 2.53. The van der Waals surface area contributed by atoms with Crippen LogP contribution in [0.4, 0.5) is 0 Å². The molecular weight excluding hydrogens is 321 g/mol. The van der Waals surface area contributed by atoms with E-state index in [2.05, 4.69) is 66.0 Å². The zero-order valence-electron chi connectivity index (χ0n) is 11.0. The molecule has 0 aliphatic rings. The summed E-state index contributed by atoms with van der Waals surface area (Å²) in [5.41, 5.74) is 1.39. The zero-order valence-corrected chi connectivity index (χ0v) is 13.2. The second-order valence-electron chi connectivity index (χ2n) is 4.76. The monoisotopic (exact) mass is 345 g/mol. The van der Waals surface area contributed by atoms with Gasteiger partial charge in [0, 0.05) is 16.2 Å². The molecule has 96 valence electrons. The third kappa shape index (κ3) is 7.04. The van der Waals surface area contributed by atoms with Gasteiger partial charge < -0.3 is 5.32 Å². The van der Waals surface area contributed by atoms with Gasteiger partial charge in [0.1, 0.15) is 0 Å². The lowest BCUT2D eigenvalue weighted by molar-refractivity contribution is 0.482. The van der Waals surface area contributed by atoms with E-state index < -0.39 is 0 Å². The van der Waals surface area contributed by atoms with Gasteiger partial charge in [-0.25, -0.2) is 0 Å². The molecule has 1 N–H and O–H groups in total. The van der Waals surface area contributed by atoms with Crippen LogP contribution in [-0.4, -0.2) is 6.04 Å². The molecule has 0 amide bonds. The van der Waals surface area contributed by atoms with E-state index in [9.17, 15) is 0 Å². The molecule has 0 aromatic heterocycles. The number of benzene rings is 1. The van der Waals surface area contributed by atoms with Crippen molar-refractivity contribution < 1.29 is 0 Å². The molecule has 1 aromatic rings. The van der Waals surface area contributed by atoms with Crippen molar-refractivity contribution in [2.45, 2.75) is 58.5 Å². The van der Waals surface area contributed by atoms with Crippen LogP contribution in [0.15, 0.2) is 24.3 Å². The molecule has 0 bridgehead atoms. The minimum absolute atomic E-state index is 0.629. The molecule has 0 aliphatic heterocycles. The Labute approximate surface area is 120 Å². The van der Waals surface area contributed by atoms with E-state index in [0.717, 1.165) is 6.54 Å². The Morgan fingerprint density at radius 3 is 2.76 bits per heavy atom. The molecule has 17 heavy (non-hydrogen) atoms. The minimum atomic E-state index is 0.629. The molecule has 0 fully saturated rings. The molecule has 1 rings (SSSR count). The molecule has 0 spiro atoms. The molecule has 0 aliphatic carbocycles. The summed E-state index contributed by atoms with van der Waals surface area (Å²) in [4.78, 5) is 0. The summed E-state index contributed by atoms with van der Waals surface area (Å²) >= 11 is 2.37. The van der Waals surface area contributed by atoms with Crippen LogP contribution in [-0.2, 0) is 6.54 Å². The highest BCUT2D eigenvalue weighted by Gasteiger charge is 2.01. The summed E-state index contributed by atoms with van der Waals surface area (Å²) in [7, 11) is 0. The summed E-state index contributed by atoms with van der Waals surface area (Å²) in [6.07, 6.45) is 6.73. The quantitative estimate of drug-likeness (QED) is 0.530. The van der Waals surface area contributed by atoms with E-state index >= 15 is 0 Å². The number of hydrogen-bond acceptors (Lipinski definition) is 1. The number of halogens is 1. The standard InChI is InChI=1S/C15H24IN/c1-3-4-5-6-8-13(2)17-12-14-9-7-10-15(16)11-14/h7,9-11,13,17H,3-6,8,12H2,1-2H3. The lowest BCUT2D eigenvalue weighted by Gasteiger charge is -2.13. The average molecular weight is 345 g/mol. The van der Waals surface area contributed by atoms with Crippen molar-refractivity contribution in [2.24, 2.45) is 0 Å². The van der Waals surface area contributed by atoms with Gasteiger partial charge in [0.15, 0.2) is 0 Å². The second-order valence-corrected chi connectivity index (χ2v) is 6.01. The Morgan fingerprint density at radius 2 is 2.06 bits per heavy atom. The fraction of sp³-hybridized carbons (Fsp3) is 0.600. The van der Waals surface area contributed by atoms with Crippen molar-refractivity contribution in [1.82, 2.24) is 5.32 Å². The smallest absolute Gasteiger partial charge is 0.0208 e. The molecule has 0 radical (unpaired) electrons. The van der Waals surface area contributed by atoms with Crippen molar-refractivity contribution in [3.05, 3.63) is 33.4 Å². The first kappa shape index (κ1) is 15.0. The largest absolute Gasteiger partial charge is 0.310 e. The Kier molecular flexibility index (Phi) is 7.86. The summed E-state index contributed by atoms with van der Waals surface area (Å²) in [6, 6.07) is 9.34. The average Bonchev–Trinajstić information content (AvgIpc) is 2.32. The first-order valence-corrected chi connectivity index (χ1v) is 7.78. The Bertz CT molecular complexity index is 312. The van der Waals surface area contributed by atoms with Crippen molar-refractivity contribution in [1.29, 1.82) is 0 Å². The first-order valence-electron chi connectivity index (χ1n) is 6.70. The predicted molar refractivity (Wildman–Crippen MR) is 84.2 cm³/mol. The summed E-state index contributed by atoms with van der Waals surface area (Å²) in [5.74, 6) is 0. The van der Waals surface area contributed by atoms with Gasteiger partial charge >= 0.3 is 0 Å². The number of hydrogen-bond donors (Lipinski definition) is 1. The Morgan fingerprint density at radius 1 is 1.24 bits per heavy atom. The molecule has 0 saturated heterocycles. The van der Waals surface area contributed by atoms with Crippen LogP contribution in [0.3, 0.4) is 0 Å². The number of unbranched alkanes of at least 4 members (excludes halogenated alkanes) is 3. The molecule has 1 unspecified atom stereocenters. The highest BCUT2D eigenvalue weighted by atomic mass is 127. The molecular formula is C15H24IN. The van der Waals surface area contributed by atoms with Crippen molar-refractivity contribution in [3.8, 4) is 0 Å². The maximum atomic E-state index is 3.60. The Hall–Kier alpha value is -0.0900. The fourth-order valence-electron chi connectivity index (χ4n) is 1.92.